The number of amides is 1. The fourth-order valence-corrected chi connectivity index (χ4v) is 2.77. The summed E-state index contributed by atoms with van der Waals surface area (Å²) in [5.74, 6) is -0.0340. The van der Waals surface area contributed by atoms with Gasteiger partial charge >= 0.3 is 0 Å². The maximum Gasteiger partial charge on any atom is 0.252 e. The Bertz CT molecular complexity index is 719. The Morgan fingerprint density at radius 3 is 2.88 bits per heavy atom. The molecule has 1 aromatic heterocycles. The third-order valence-corrected chi connectivity index (χ3v) is 4.36. The van der Waals surface area contributed by atoms with Crippen LogP contribution in [-0.2, 0) is 0 Å². The second-order valence-corrected chi connectivity index (χ2v) is 6.39. The number of fused-ring (bicyclic) bond motifs is 1. The van der Waals surface area contributed by atoms with Crippen LogP contribution in [0.5, 0.6) is 0 Å². The van der Waals surface area contributed by atoms with Crippen molar-refractivity contribution in [3.63, 3.8) is 0 Å². The van der Waals surface area contributed by atoms with Crippen molar-refractivity contribution in [3.8, 4) is 0 Å². The number of hydrogen-bond donors (Lipinski definition) is 2. The molecular formula is C21H29N3O. The van der Waals surface area contributed by atoms with Gasteiger partial charge in [-0.2, -0.15) is 0 Å². The van der Waals surface area contributed by atoms with Crippen LogP contribution >= 0.6 is 0 Å². The summed E-state index contributed by atoms with van der Waals surface area (Å²) in [6, 6.07) is 8.09. The molecule has 1 unspecified atom stereocenters. The quantitative estimate of drug-likeness (QED) is 0.677. The molecule has 4 heteroatoms. The van der Waals surface area contributed by atoms with Gasteiger partial charge in [-0.3, -0.25) is 9.78 Å². The number of nitrogens with zero attached hydrogens (tertiary/aromatic N) is 1. The van der Waals surface area contributed by atoms with Gasteiger partial charge in [-0.25, -0.2) is 0 Å². The molecule has 0 aliphatic heterocycles. The average molecular weight is 339 g/mol. The first-order valence-electron chi connectivity index (χ1n) is 9.17. The van der Waals surface area contributed by atoms with Crippen LogP contribution in [0, 0.1) is 0 Å². The number of aromatic nitrogens is 1. The van der Waals surface area contributed by atoms with Gasteiger partial charge in [-0.15, -0.1) is 0 Å². The molecule has 25 heavy (non-hydrogen) atoms. The zero-order chi connectivity index (χ0) is 18.1. The van der Waals surface area contributed by atoms with E-state index in [2.05, 4.69) is 42.5 Å². The summed E-state index contributed by atoms with van der Waals surface area (Å²) in [5, 5.41) is 8.47. The molecule has 0 aliphatic carbocycles. The molecule has 2 aromatic rings. The molecule has 4 nitrogen and oxygen atoms in total. The van der Waals surface area contributed by atoms with Gasteiger partial charge in [-0.1, -0.05) is 37.6 Å². The lowest BCUT2D eigenvalue weighted by atomic mass is 10.1. The molecule has 0 spiro atoms. The molecule has 2 N–H and O–H groups in total. The monoisotopic (exact) mass is 339 g/mol. The van der Waals surface area contributed by atoms with E-state index in [1.54, 1.807) is 12.4 Å². The number of nitrogens with one attached hydrogen (secondary N) is 2. The molecule has 134 valence electrons. The van der Waals surface area contributed by atoms with Crippen molar-refractivity contribution in [2.75, 3.05) is 13.1 Å². The van der Waals surface area contributed by atoms with Crippen molar-refractivity contribution in [2.24, 2.45) is 0 Å². The lowest BCUT2D eigenvalue weighted by Crippen LogP contribution is -2.27. The molecular weight excluding hydrogens is 310 g/mol. The van der Waals surface area contributed by atoms with Crippen LogP contribution in [0.4, 0.5) is 0 Å². The van der Waals surface area contributed by atoms with Gasteiger partial charge in [0.1, 0.15) is 0 Å². The predicted molar refractivity (Wildman–Crippen MR) is 105 cm³/mol. The van der Waals surface area contributed by atoms with Crippen LogP contribution in [0.1, 0.15) is 50.4 Å². The summed E-state index contributed by atoms with van der Waals surface area (Å²) in [5.41, 5.74) is 1.97. The Labute approximate surface area is 150 Å². The second kappa shape index (κ2) is 9.94. The van der Waals surface area contributed by atoms with Gasteiger partial charge in [0.05, 0.1) is 0 Å². The van der Waals surface area contributed by atoms with Crippen LogP contribution in [0.25, 0.3) is 10.8 Å². The summed E-state index contributed by atoms with van der Waals surface area (Å²) in [7, 11) is 0. The molecule has 0 bridgehead atoms. The molecule has 1 atom stereocenters. The number of hydrogen-bond acceptors (Lipinski definition) is 3. The normalized spacial score (nSPS) is 13.0. The molecule has 1 amide bonds. The summed E-state index contributed by atoms with van der Waals surface area (Å²) < 4.78 is 0. The maximum atomic E-state index is 12.6. The minimum Gasteiger partial charge on any atom is -0.348 e. The van der Waals surface area contributed by atoms with E-state index in [9.17, 15) is 4.79 Å². The van der Waals surface area contributed by atoms with Gasteiger partial charge in [-0.05, 0) is 50.2 Å². The Morgan fingerprint density at radius 2 is 2.12 bits per heavy atom. The largest absolute Gasteiger partial charge is 0.348 e. The Kier molecular flexibility index (Phi) is 7.61. The van der Waals surface area contributed by atoms with Gasteiger partial charge in [0.2, 0.25) is 0 Å². The first-order chi connectivity index (χ1) is 12.2. The van der Waals surface area contributed by atoms with Crippen molar-refractivity contribution in [3.05, 3.63) is 53.9 Å². The smallest absolute Gasteiger partial charge is 0.252 e. The molecule has 0 saturated heterocycles. The highest BCUT2D eigenvalue weighted by Gasteiger charge is 2.10. The SMILES string of the molecule is CCCNC(C)C/C=C(\CC)CNC(=O)c1cccc2cnccc12. The second-order valence-electron chi connectivity index (χ2n) is 6.39. The van der Waals surface area contributed by atoms with Crippen molar-refractivity contribution < 1.29 is 4.79 Å². The summed E-state index contributed by atoms with van der Waals surface area (Å²) in [6.07, 6.45) is 8.83. The van der Waals surface area contributed by atoms with E-state index in [0.29, 0.717) is 18.2 Å². The highest BCUT2D eigenvalue weighted by Crippen LogP contribution is 2.17. The van der Waals surface area contributed by atoms with Crippen LogP contribution < -0.4 is 10.6 Å². The fraction of sp³-hybridized carbons (Fsp3) is 0.429. The molecule has 1 aromatic carbocycles. The third-order valence-electron chi connectivity index (χ3n) is 4.36. The lowest BCUT2D eigenvalue weighted by molar-refractivity contribution is 0.0958. The van der Waals surface area contributed by atoms with E-state index >= 15 is 0 Å². The maximum absolute atomic E-state index is 12.6. The first-order valence-corrected chi connectivity index (χ1v) is 9.17. The van der Waals surface area contributed by atoms with E-state index in [1.807, 2.05) is 24.3 Å². The van der Waals surface area contributed by atoms with E-state index in [4.69, 9.17) is 0 Å². The minimum atomic E-state index is -0.0340. The first kappa shape index (κ1) is 19.1. The van der Waals surface area contributed by atoms with Crippen molar-refractivity contribution in [2.45, 2.75) is 46.1 Å². The standard InChI is InChI=1S/C21H29N3O/c1-4-12-23-16(3)9-10-17(5-2)14-24-21(25)20-8-6-7-18-15-22-13-11-19(18)20/h6-8,10-11,13,15-16,23H,4-5,9,12,14H2,1-3H3,(H,24,25)/b17-10+. The van der Waals surface area contributed by atoms with Crippen LogP contribution in [0.3, 0.4) is 0 Å². The Hall–Kier alpha value is -2.20. The molecule has 0 fully saturated rings. The fourth-order valence-electron chi connectivity index (χ4n) is 2.77. The van der Waals surface area contributed by atoms with Crippen molar-refractivity contribution in [1.29, 1.82) is 0 Å². The number of carbonyl (C=O) groups excluding carboxylic acids is 1. The van der Waals surface area contributed by atoms with Gasteiger partial charge in [0, 0.05) is 35.9 Å². The topological polar surface area (TPSA) is 54.0 Å². The van der Waals surface area contributed by atoms with E-state index in [1.165, 1.54) is 5.57 Å². The van der Waals surface area contributed by atoms with Gasteiger partial charge in [0.25, 0.3) is 5.91 Å². The summed E-state index contributed by atoms with van der Waals surface area (Å²) >= 11 is 0. The minimum absolute atomic E-state index is 0.0340. The zero-order valence-corrected chi connectivity index (χ0v) is 15.5. The number of benzene rings is 1. The zero-order valence-electron chi connectivity index (χ0n) is 15.5. The molecule has 0 radical (unpaired) electrons. The highest BCUT2D eigenvalue weighted by molar-refractivity contribution is 6.06. The van der Waals surface area contributed by atoms with Crippen LogP contribution in [0.15, 0.2) is 48.3 Å². The highest BCUT2D eigenvalue weighted by atomic mass is 16.1. The van der Waals surface area contributed by atoms with Gasteiger partial charge < -0.3 is 10.6 Å². The molecule has 1 heterocycles. The summed E-state index contributed by atoms with van der Waals surface area (Å²) in [6.45, 7) is 8.14. The number of carbonyl (C=O) groups is 1. The third kappa shape index (κ3) is 5.68. The molecule has 2 rings (SSSR count). The molecule has 0 saturated carbocycles. The average Bonchev–Trinajstić information content (AvgIpc) is 2.65. The lowest BCUT2D eigenvalue weighted by Gasteiger charge is -2.13. The van der Waals surface area contributed by atoms with Crippen molar-refractivity contribution in [1.82, 2.24) is 15.6 Å². The van der Waals surface area contributed by atoms with Crippen LogP contribution in [-0.4, -0.2) is 30.0 Å². The van der Waals surface area contributed by atoms with Gasteiger partial charge in [0.15, 0.2) is 0 Å². The predicted octanol–water partition coefficient (Wildman–Crippen LogP) is 4.08. The van der Waals surface area contributed by atoms with Crippen molar-refractivity contribution >= 4 is 16.7 Å². The number of rotatable bonds is 9. The Balaban J connectivity index is 1.97. The number of pyridine rings is 1. The van der Waals surface area contributed by atoms with E-state index in [0.717, 1.165) is 36.6 Å². The van der Waals surface area contributed by atoms with Crippen LogP contribution in [0.2, 0.25) is 0 Å². The van der Waals surface area contributed by atoms with E-state index in [-0.39, 0.29) is 5.91 Å². The Morgan fingerprint density at radius 1 is 1.28 bits per heavy atom. The summed E-state index contributed by atoms with van der Waals surface area (Å²) in [4.78, 5) is 16.7. The van der Waals surface area contributed by atoms with E-state index < -0.39 is 0 Å². The molecule has 0 aliphatic rings.